The van der Waals surface area contributed by atoms with Crippen LogP contribution in [0.25, 0.3) is 0 Å². The zero-order valence-electron chi connectivity index (χ0n) is 16.8. The molecule has 0 aliphatic heterocycles. The molecule has 5 heteroatoms. The van der Waals surface area contributed by atoms with Crippen molar-refractivity contribution >= 4 is 23.2 Å². The van der Waals surface area contributed by atoms with Crippen LogP contribution in [0.1, 0.15) is 81.7 Å². The molecule has 0 aliphatic rings. The molecule has 0 saturated carbocycles. The lowest BCUT2D eigenvalue weighted by atomic mass is 10.1. The van der Waals surface area contributed by atoms with Crippen LogP contribution < -0.4 is 10.6 Å². The first kappa shape index (κ1) is 21.7. The van der Waals surface area contributed by atoms with Crippen LogP contribution in [0.15, 0.2) is 47.1 Å². The highest BCUT2D eigenvalue weighted by atomic mass is 16.3. The summed E-state index contributed by atoms with van der Waals surface area (Å²) < 4.78 is 5.08. The first-order chi connectivity index (χ1) is 13.7. The predicted octanol–water partition coefficient (Wildman–Crippen LogP) is 6.39. The molecule has 0 radical (unpaired) electrons. The molecule has 0 aliphatic carbocycles. The Bertz CT molecular complexity index is 710. The molecule has 0 saturated heterocycles. The van der Waals surface area contributed by atoms with Crippen LogP contribution in [0.5, 0.6) is 0 Å². The Morgan fingerprint density at radius 1 is 0.821 bits per heavy atom. The summed E-state index contributed by atoms with van der Waals surface area (Å²) in [6.07, 6.45) is 13.1. The Morgan fingerprint density at radius 3 is 2.11 bits per heavy atom. The molecule has 0 unspecified atom stereocenters. The maximum Gasteiger partial charge on any atom is 0.291 e. The molecule has 1 heterocycles. The van der Waals surface area contributed by atoms with Gasteiger partial charge in [0, 0.05) is 17.8 Å². The Morgan fingerprint density at radius 2 is 1.46 bits per heavy atom. The third-order valence-corrected chi connectivity index (χ3v) is 4.66. The van der Waals surface area contributed by atoms with Crippen molar-refractivity contribution in [1.82, 2.24) is 0 Å². The molecular weight excluding hydrogens is 352 g/mol. The van der Waals surface area contributed by atoms with E-state index in [0.29, 0.717) is 17.8 Å². The van der Waals surface area contributed by atoms with E-state index >= 15 is 0 Å². The minimum atomic E-state index is -0.317. The molecule has 2 rings (SSSR count). The van der Waals surface area contributed by atoms with Gasteiger partial charge in [0.2, 0.25) is 5.91 Å². The van der Waals surface area contributed by atoms with Crippen LogP contribution in [0, 0.1) is 0 Å². The summed E-state index contributed by atoms with van der Waals surface area (Å²) in [6.45, 7) is 2.23. The van der Waals surface area contributed by atoms with Crippen molar-refractivity contribution in [2.24, 2.45) is 0 Å². The lowest BCUT2D eigenvalue weighted by Crippen LogP contribution is -2.13. The fraction of sp³-hybridized carbons (Fsp3) is 0.478. The molecule has 0 atom stereocenters. The Hall–Kier alpha value is -2.56. The van der Waals surface area contributed by atoms with Gasteiger partial charge in [-0.15, -0.1) is 0 Å². The molecule has 2 amide bonds. The van der Waals surface area contributed by atoms with Crippen LogP contribution in [0.4, 0.5) is 11.4 Å². The zero-order valence-corrected chi connectivity index (χ0v) is 16.8. The number of hydrogen-bond acceptors (Lipinski definition) is 3. The summed E-state index contributed by atoms with van der Waals surface area (Å²) in [5.41, 5.74) is 1.29. The van der Waals surface area contributed by atoms with Gasteiger partial charge in [-0.05, 0) is 36.8 Å². The smallest absolute Gasteiger partial charge is 0.291 e. The highest BCUT2D eigenvalue weighted by molar-refractivity contribution is 6.02. The first-order valence-corrected chi connectivity index (χ1v) is 10.4. The number of rotatable bonds is 13. The summed E-state index contributed by atoms with van der Waals surface area (Å²) in [7, 11) is 0. The van der Waals surface area contributed by atoms with E-state index < -0.39 is 0 Å². The van der Waals surface area contributed by atoms with Crippen LogP contribution in [0.3, 0.4) is 0 Å². The Labute approximate surface area is 167 Å². The van der Waals surface area contributed by atoms with Gasteiger partial charge in [0.15, 0.2) is 5.76 Å². The number of carbonyl (C=O) groups excluding carboxylic acids is 2. The molecule has 2 aromatic rings. The number of furan rings is 1. The molecule has 0 fully saturated rings. The van der Waals surface area contributed by atoms with Crippen molar-refractivity contribution in [3.8, 4) is 0 Å². The Balaban J connectivity index is 1.63. The standard InChI is InChI=1S/C23H32N2O3/c1-2-3-4-5-6-7-8-9-10-16-22(26)24-19-13-11-14-20(18-19)25-23(27)21-15-12-17-28-21/h11-15,17-18H,2-10,16H2,1H3,(H,24,26)(H,25,27). The van der Waals surface area contributed by atoms with E-state index in [-0.39, 0.29) is 17.6 Å². The maximum atomic E-state index is 12.1. The number of unbranched alkanes of at least 4 members (excludes halogenated alkanes) is 8. The topological polar surface area (TPSA) is 71.3 Å². The second-order valence-electron chi connectivity index (χ2n) is 7.14. The second-order valence-corrected chi connectivity index (χ2v) is 7.14. The molecule has 1 aromatic carbocycles. The molecule has 152 valence electrons. The van der Waals surface area contributed by atoms with E-state index in [4.69, 9.17) is 4.42 Å². The van der Waals surface area contributed by atoms with E-state index in [1.165, 1.54) is 51.2 Å². The van der Waals surface area contributed by atoms with Crippen LogP contribution in [0.2, 0.25) is 0 Å². The van der Waals surface area contributed by atoms with Gasteiger partial charge < -0.3 is 15.1 Å². The van der Waals surface area contributed by atoms with Crippen molar-refractivity contribution in [3.05, 3.63) is 48.4 Å². The van der Waals surface area contributed by atoms with Crippen molar-refractivity contribution < 1.29 is 14.0 Å². The number of amides is 2. The lowest BCUT2D eigenvalue weighted by Gasteiger charge is -2.08. The normalized spacial score (nSPS) is 10.6. The third kappa shape index (κ3) is 8.42. The quantitative estimate of drug-likeness (QED) is 0.393. The summed E-state index contributed by atoms with van der Waals surface area (Å²) in [4.78, 5) is 24.1. The van der Waals surface area contributed by atoms with Crippen molar-refractivity contribution in [2.45, 2.75) is 71.1 Å². The minimum Gasteiger partial charge on any atom is -0.459 e. The molecule has 5 nitrogen and oxygen atoms in total. The SMILES string of the molecule is CCCCCCCCCCCC(=O)Nc1cccc(NC(=O)c2ccco2)c1. The van der Waals surface area contributed by atoms with E-state index in [9.17, 15) is 9.59 Å². The van der Waals surface area contributed by atoms with Gasteiger partial charge in [-0.2, -0.15) is 0 Å². The molecular formula is C23H32N2O3. The van der Waals surface area contributed by atoms with E-state index in [1.54, 1.807) is 30.3 Å². The summed E-state index contributed by atoms with van der Waals surface area (Å²) in [6, 6.07) is 10.4. The summed E-state index contributed by atoms with van der Waals surface area (Å²) >= 11 is 0. The highest BCUT2D eigenvalue weighted by Crippen LogP contribution is 2.17. The fourth-order valence-corrected chi connectivity index (χ4v) is 3.09. The number of nitrogens with one attached hydrogen (secondary N) is 2. The predicted molar refractivity (Wildman–Crippen MR) is 114 cm³/mol. The maximum absolute atomic E-state index is 12.1. The molecule has 28 heavy (non-hydrogen) atoms. The number of hydrogen-bond donors (Lipinski definition) is 2. The molecule has 2 N–H and O–H groups in total. The van der Waals surface area contributed by atoms with Gasteiger partial charge in [-0.25, -0.2) is 0 Å². The van der Waals surface area contributed by atoms with Crippen molar-refractivity contribution in [3.63, 3.8) is 0 Å². The average molecular weight is 385 g/mol. The average Bonchev–Trinajstić information content (AvgIpc) is 3.22. The summed E-state index contributed by atoms with van der Waals surface area (Å²) in [5, 5.41) is 5.66. The third-order valence-electron chi connectivity index (χ3n) is 4.66. The van der Waals surface area contributed by atoms with Gasteiger partial charge in [-0.1, -0.05) is 64.4 Å². The van der Waals surface area contributed by atoms with E-state index in [2.05, 4.69) is 17.6 Å². The van der Waals surface area contributed by atoms with Crippen molar-refractivity contribution in [2.75, 3.05) is 10.6 Å². The number of benzene rings is 1. The van der Waals surface area contributed by atoms with E-state index in [1.807, 2.05) is 6.07 Å². The van der Waals surface area contributed by atoms with Gasteiger partial charge >= 0.3 is 0 Å². The molecule has 0 bridgehead atoms. The first-order valence-electron chi connectivity index (χ1n) is 10.4. The monoisotopic (exact) mass is 384 g/mol. The second kappa shape index (κ2) is 12.8. The van der Waals surface area contributed by atoms with Gasteiger partial charge in [0.25, 0.3) is 5.91 Å². The fourth-order valence-electron chi connectivity index (χ4n) is 3.09. The number of carbonyl (C=O) groups is 2. The number of anilines is 2. The molecule has 0 spiro atoms. The lowest BCUT2D eigenvalue weighted by molar-refractivity contribution is -0.116. The Kier molecular flexibility index (Phi) is 9.91. The zero-order chi connectivity index (χ0) is 20.0. The van der Waals surface area contributed by atoms with Gasteiger partial charge in [0.05, 0.1) is 6.26 Å². The minimum absolute atomic E-state index is 0.0115. The highest BCUT2D eigenvalue weighted by Gasteiger charge is 2.09. The van der Waals surface area contributed by atoms with Gasteiger partial charge in [-0.3, -0.25) is 9.59 Å². The van der Waals surface area contributed by atoms with Crippen LogP contribution in [-0.2, 0) is 4.79 Å². The van der Waals surface area contributed by atoms with Crippen LogP contribution in [-0.4, -0.2) is 11.8 Å². The summed E-state index contributed by atoms with van der Waals surface area (Å²) in [5.74, 6) is -0.0552. The largest absolute Gasteiger partial charge is 0.459 e. The van der Waals surface area contributed by atoms with Crippen LogP contribution >= 0.6 is 0 Å². The van der Waals surface area contributed by atoms with Gasteiger partial charge in [0.1, 0.15) is 0 Å². The van der Waals surface area contributed by atoms with Crippen molar-refractivity contribution in [1.29, 1.82) is 0 Å². The molecule has 1 aromatic heterocycles. The van der Waals surface area contributed by atoms with E-state index in [0.717, 1.165) is 12.8 Å².